The highest BCUT2D eigenvalue weighted by Crippen LogP contribution is 2.20. The molecular formula is C20H26FN3O2S. The number of piperazine rings is 1. The van der Waals surface area contributed by atoms with Crippen molar-refractivity contribution in [1.29, 1.82) is 0 Å². The number of nitrogens with zero attached hydrogens (tertiary/aromatic N) is 3. The number of hydrogen-bond donors (Lipinski definition) is 0. The van der Waals surface area contributed by atoms with E-state index in [9.17, 15) is 12.8 Å². The molecule has 2 aromatic carbocycles. The molecule has 3 rings (SSSR count). The quantitative estimate of drug-likeness (QED) is 0.728. The molecule has 0 saturated carbocycles. The predicted molar refractivity (Wildman–Crippen MR) is 108 cm³/mol. The normalized spacial score (nSPS) is 15.7. The summed E-state index contributed by atoms with van der Waals surface area (Å²) >= 11 is 0. The summed E-state index contributed by atoms with van der Waals surface area (Å²) in [5.41, 5.74) is 1.32. The largest absolute Gasteiger partial charge is 0.367 e. The molecule has 0 aromatic heterocycles. The molecule has 27 heavy (non-hydrogen) atoms. The van der Waals surface area contributed by atoms with Crippen LogP contribution in [0.3, 0.4) is 0 Å². The Bertz CT molecular complexity index is 837. The molecule has 1 saturated heterocycles. The van der Waals surface area contributed by atoms with Crippen molar-refractivity contribution < 1.29 is 12.8 Å². The van der Waals surface area contributed by atoms with Crippen molar-refractivity contribution >= 4 is 21.4 Å². The lowest BCUT2D eigenvalue weighted by Crippen LogP contribution is -2.47. The van der Waals surface area contributed by atoms with E-state index in [0.717, 1.165) is 32.7 Å². The Kier molecular flexibility index (Phi) is 6.34. The van der Waals surface area contributed by atoms with Gasteiger partial charge in [0, 0.05) is 33.2 Å². The molecule has 0 spiro atoms. The fourth-order valence-corrected chi connectivity index (χ4v) is 4.54. The Morgan fingerprint density at radius 1 is 0.963 bits per heavy atom. The molecule has 0 aliphatic carbocycles. The number of anilines is 2. The molecule has 1 heterocycles. The fraction of sp³-hybridized carbons (Fsp3) is 0.400. The Morgan fingerprint density at radius 2 is 1.59 bits per heavy atom. The van der Waals surface area contributed by atoms with Crippen LogP contribution < -0.4 is 9.21 Å². The van der Waals surface area contributed by atoms with Crippen molar-refractivity contribution in [2.45, 2.75) is 6.42 Å². The van der Waals surface area contributed by atoms with Crippen LogP contribution in [0.2, 0.25) is 0 Å². The highest BCUT2D eigenvalue weighted by Gasteiger charge is 2.21. The lowest BCUT2D eigenvalue weighted by Gasteiger charge is -2.36. The molecule has 0 amide bonds. The van der Waals surface area contributed by atoms with Gasteiger partial charge in [0.1, 0.15) is 5.82 Å². The monoisotopic (exact) mass is 391 g/mol. The van der Waals surface area contributed by atoms with Gasteiger partial charge in [-0.2, -0.15) is 0 Å². The maximum absolute atomic E-state index is 13.9. The van der Waals surface area contributed by atoms with E-state index in [0.29, 0.717) is 17.8 Å². The van der Waals surface area contributed by atoms with Gasteiger partial charge >= 0.3 is 0 Å². The van der Waals surface area contributed by atoms with Crippen LogP contribution in [-0.2, 0) is 10.0 Å². The van der Waals surface area contributed by atoms with Crippen LogP contribution in [0.25, 0.3) is 0 Å². The summed E-state index contributed by atoms with van der Waals surface area (Å²) in [7, 11) is -1.73. The second-order valence-corrected chi connectivity index (χ2v) is 8.87. The molecule has 0 radical (unpaired) electrons. The van der Waals surface area contributed by atoms with Gasteiger partial charge in [-0.15, -0.1) is 0 Å². The Labute approximate surface area is 161 Å². The zero-order valence-corrected chi connectivity index (χ0v) is 16.4. The average Bonchev–Trinajstić information content (AvgIpc) is 2.69. The van der Waals surface area contributed by atoms with E-state index < -0.39 is 10.0 Å². The van der Waals surface area contributed by atoms with Crippen LogP contribution in [0.5, 0.6) is 0 Å². The molecule has 146 valence electrons. The number of halogens is 1. The molecule has 0 bridgehead atoms. The number of benzene rings is 2. The van der Waals surface area contributed by atoms with Crippen LogP contribution in [0, 0.1) is 5.82 Å². The highest BCUT2D eigenvalue weighted by atomic mass is 32.2. The minimum atomic E-state index is -3.33. The first-order valence-corrected chi connectivity index (χ1v) is 10.8. The van der Waals surface area contributed by atoms with Gasteiger partial charge in [-0.25, -0.2) is 12.8 Å². The molecule has 7 heteroatoms. The lowest BCUT2D eigenvalue weighted by atomic mass is 10.2. The summed E-state index contributed by atoms with van der Waals surface area (Å²) in [5.74, 6) is -0.0765. The summed E-state index contributed by atoms with van der Waals surface area (Å²) in [6.45, 7) is 3.84. The molecule has 1 aliphatic rings. The van der Waals surface area contributed by atoms with Gasteiger partial charge in [-0.1, -0.05) is 30.3 Å². The third-order valence-electron chi connectivity index (χ3n) is 4.98. The van der Waals surface area contributed by atoms with Gasteiger partial charge in [0.15, 0.2) is 0 Å². The molecule has 1 aliphatic heterocycles. The summed E-state index contributed by atoms with van der Waals surface area (Å²) in [6.07, 6.45) is 0.583. The van der Waals surface area contributed by atoms with E-state index >= 15 is 0 Å². The van der Waals surface area contributed by atoms with E-state index in [-0.39, 0.29) is 11.6 Å². The van der Waals surface area contributed by atoms with Crippen molar-refractivity contribution in [3.05, 3.63) is 60.4 Å². The summed E-state index contributed by atoms with van der Waals surface area (Å²) < 4.78 is 40.3. The van der Waals surface area contributed by atoms with Crippen molar-refractivity contribution in [2.75, 3.05) is 54.7 Å². The maximum atomic E-state index is 13.9. The number of rotatable bonds is 7. The first-order valence-electron chi connectivity index (χ1n) is 9.21. The summed E-state index contributed by atoms with van der Waals surface area (Å²) in [5, 5.41) is 0. The second kappa shape index (κ2) is 8.71. The third-order valence-corrected chi connectivity index (χ3v) is 6.83. The number of sulfonamides is 1. The highest BCUT2D eigenvalue weighted by molar-refractivity contribution is 7.92. The van der Waals surface area contributed by atoms with Crippen LogP contribution in [0.1, 0.15) is 6.42 Å². The molecule has 0 atom stereocenters. The molecule has 0 unspecified atom stereocenters. The molecule has 2 aromatic rings. The van der Waals surface area contributed by atoms with Gasteiger partial charge in [0.2, 0.25) is 10.0 Å². The Balaban J connectivity index is 1.46. The zero-order chi connectivity index (χ0) is 19.3. The van der Waals surface area contributed by atoms with E-state index in [1.54, 1.807) is 31.3 Å². The number of para-hydroxylation sites is 2. The first-order chi connectivity index (χ1) is 13.0. The third kappa shape index (κ3) is 4.99. The van der Waals surface area contributed by atoms with Gasteiger partial charge in [0.05, 0.1) is 17.1 Å². The van der Waals surface area contributed by atoms with Gasteiger partial charge in [0.25, 0.3) is 0 Å². The van der Waals surface area contributed by atoms with Gasteiger partial charge in [-0.3, -0.25) is 9.21 Å². The van der Waals surface area contributed by atoms with E-state index in [4.69, 9.17) is 0 Å². The Morgan fingerprint density at radius 3 is 2.26 bits per heavy atom. The number of hydrogen-bond acceptors (Lipinski definition) is 4. The predicted octanol–water partition coefficient (Wildman–Crippen LogP) is 2.80. The van der Waals surface area contributed by atoms with Crippen molar-refractivity contribution in [2.24, 2.45) is 0 Å². The van der Waals surface area contributed by atoms with E-state index in [2.05, 4.69) is 4.90 Å². The average molecular weight is 392 g/mol. The standard InChI is InChI=1S/C20H26FN3O2S/c1-22(18-8-3-2-4-9-18)27(25,26)17-7-12-23-13-15-24(16-14-23)20-11-6-5-10-19(20)21/h2-6,8-11H,7,12-17H2,1H3. The molecule has 1 fully saturated rings. The van der Waals surface area contributed by atoms with Crippen LogP contribution in [0.15, 0.2) is 54.6 Å². The van der Waals surface area contributed by atoms with Crippen LogP contribution >= 0.6 is 0 Å². The minimum absolute atomic E-state index is 0.117. The minimum Gasteiger partial charge on any atom is -0.367 e. The topological polar surface area (TPSA) is 43.9 Å². The van der Waals surface area contributed by atoms with E-state index in [1.165, 1.54) is 10.4 Å². The van der Waals surface area contributed by atoms with E-state index in [1.807, 2.05) is 29.2 Å². The van der Waals surface area contributed by atoms with Gasteiger partial charge < -0.3 is 4.90 Å². The maximum Gasteiger partial charge on any atom is 0.234 e. The van der Waals surface area contributed by atoms with Gasteiger partial charge in [-0.05, 0) is 37.2 Å². The SMILES string of the molecule is CN(c1ccccc1)S(=O)(=O)CCCN1CCN(c2ccccc2F)CC1. The van der Waals surface area contributed by atoms with Crippen molar-refractivity contribution in [1.82, 2.24) is 4.90 Å². The zero-order valence-electron chi connectivity index (χ0n) is 15.6. The Hall–Kier alpha value is -2.12. The van der Waals surface area contributed by atoms with Crippen LogP contribution in [0.4, 0.5) is 15.8 Å². The second-order valence-electron chi connectivity index (χ2n) is 6.75. The van der Waals surface area contributed by atoms with Crippen molar-refractivity contribution in [3.8, 4) is 0 Å². The molecule has 0 N–H and O–H groups in total. The fourth-order valence-electron chi connectivity index (χ4n) is 3.33. The molecule has 5 nitrogen and oxygen atoms in total. The summed E-state index contributed by atoms with van der Waals surface area (Å²) in [6, 6.07) is 15.9. The lowest BCUT2D eigenvalue weighted by molar-refractivity contribution is 0.258. The van der Waals surface area contributed by atoms with Crippen molar-refractivity contribution in [3.63, 3.8) is 0 Å². The van der Waals surface area contributed by atoms with Crippen LogP contribution in [-0.4, -0.2) is 58.8 Å². The molecular weight excluding hydrogens is 365 g/mol. The first kappa shape index (κ1) is 19.6. The summed E-state index contributed by atoms with van der Waals surface area (Å²) in [4.78, 5) is 4.29. The smallest absolute Gasteiger partial charge is 0.234 e.